The number of carbonyl (C=O) groups excluding carboxylic acids is 1. The smallest absolute Gasteiger partial charge is 0.445 e. The van der Waals surface area contributed by atoms with Gasteiger partial charge in [-0.05, 0) is 37.1 Å². The Kier molecular flexibility index (Phi) is 5.52. The maximum Gasteiger partial charge on any atom is 0.573 e. The molecule has 0 radical (unpaired) electrons. The Bertz CT molecular complexity index is 1300. The second-order valence-corrected chi connectivity index (χ2v) is 7.54. The number of alkyl halides is 3. The number of ether oxygens (including phenoxy) is 1. The van der Waals surface area contributed by atoms with Crippen molar-refractivity contribution < 1.29 is 31.6 Å². The van der Waals surface area contributed by atoms with E-state index in [-0.39, 0.29) is 23.2 Å². The summed E-state index contributed by atoms with van der Waals surface area (Å²) >= 11 is 0. The third kappa shape index (κ3) is 4.24. The normalized spacial score (nSPS) is 16.1. The Morgan fingerprint density at radius 1 is 1.09 bits per heavy atom. The van der Waals surface area contributed by atoms with E-state index in [9.17, 15) is 18.0 Å². The first-order chi connectivity index (χ1) is 16.4. The minimum atomic E-state index is -4.87. The van der Waals surface area contributed by atoms with Gasteiger partial charge < -0.3 is 18.6 Å². The number of rotatable bonds is 5. The van der Waals surface area contributed by atoms with E-state index in [1.54, 1.807) is 35.2 Å². The van der Waals surface area contributed by atoms with Crippen LogP contribution < -0.4 is 4.74 Å². The molecule has 0 aliphatic carbocycles. The lowest BCUT2D eigenvalue weighted by Crippen LogP contribution is -2.31. The zero-order chi connectivity index (χ0) is 23.7. The van der Waals surface area contributed by atoms with Crippen molar-refractivity contribution in [2.75, 3.05) is 6.54 Å². The van der Waals surface area contributed by atoms with E-state index < -0.39 is 18.2 Å². The maximum absolute atomic E-state index is 13.5. The summed E-state index contributed by atoms with van der Waals surface area (Å²) in [4.78, 5) is 23.5. The zero-order valence-electron chi connectivity index (χ0n) is 17.5. The highest BCUT2D eigenvalue weighted by atomic mass is 19.4. The van der Waals surface area contributed by atoms with Crippen molar-refractivity contribution in [3.8, 4) is 28.6 Å². The van der Waals surface area contributed by atoms with E-state index in [1.165, 1.54) is 30.7 Å². The number of benzene rings is 2. The average Bonchev–Trinajstić information content (AvgIpc) is 3.59. The highest BCUT2D eigenvalue weighted by Gasteiger charge is 2.36. The van der Waals surface area contributed by atoms with Crippen LogP contribution in [0.15, 0.2) is 69.9 Å². The largest absolute Gasteiger partial charge is 0.573 e. The van der Waals surface area contributed by atoms with Gasteiger partial charge in [-0.2, -0.15) is 4.98 Å². The summed E-state index contributed by atoms with van der Waals surface area (Å²) in [7, 11) is 0. The summed E-state index contributed by atoms with van der Waals surface area (Å²) in [6, 6.07) is 11.9. The third-order valence-corrected chi connectivity index (χ3v) is 5.41. The minimum absolute atomic E-state index is 0.0277. The van der Waals surface area contributed by atoms with Crippen LogP contribution in [0.1, 0.15) is 35.1 Å². The third-order valence-electron chi connectivity index (χ3n) is 5.41. The SMILES string of the molecule is O=C(c1ccccc1-c1ncco1)N1CCCC1c1nc(-c2ccccc2OC(F)(F)F)no1. The molecule has 0 saturated carbocycles. The summed E-state index contributed by atoms with van der Waals surface area (Å²) in [5.74, 6) is -0.315. The van der Waals surface area contributed by atoms with Crippen molar-refractivity contribution in [1.29, 1.82) is 0 Å². The van der Waals surface area contributed by atoms with Gasteiger partial charge in [-0.25, -0.2) is 4.98 Å². The highest BCUT2D eigenvalue weighted by Crippen LogP contribution is 2.37. The first-order valence-corrected chi connectivity index (χ1v) is 10.4. The van der Waals surface area contributed by atoms with E-state index in [4.69, 9.17) is 8.94 Å². The van der Waals surface area contributed by atoms with Gasteiger partial charge in [0.05, 0.1) is 17.3 Å². The van der Waals surface area contributed by atoms with Crippen molar-refractivity contribution in [3.63, 3.8) is 0 Å². The van der Waals surface area contributed by atoms with Gasteiger partial charge >= 0.3 is 6.36 Å². The predicted molar refractivity (Wildman–Crippen MR) is 111 cm³/mol. The van der Waals surface area contributed by atoms with E-state index in [0.717, 1.165) is 0 Å². The number of amides is 1. The van der Waals surface area contributed by atoms with Crippen LogP contribution in [0.5, 0.6) is 5.75 Å². The quantitative estimate of drug-likeness (QED) is 0.392. The highest BCUT2D eigenvalue weighted by molar-refractivity contribution is 6.00. The van der Waals surface area contributed by atoms with Crippen LogP contribution in [-0.4, -0.2) is 38.8 Å². The van der Waals surface area contributed by atoms with Crippen LogP contribution in [0.25, 0.3) is 22.8 Å². The van der Waals surface area contributed by atoms with E-state index in [0.29, 0.717) is 36.4 Å². The lowest BCUT2D eigenvalue weighted by atomic mass is 10.1. The van der Waals surface area contributed by atoms with Crippen molar-refractivity contribution in [2.24, 2.45) is 0 Å². The van der Waals surface area contributed by atoms with Crippen LogP contribution in [0, 0.1) is 0 Å². The van der Waals surface area contributed by atoms with Gasteiger partial charge in [0, 0.05) is 12.1 Å². The van der Waals surface area contributed by atoms with Gasteiger partial charge in [0.15, 0.2) is 0 Å². The van der Waals surface area contributed by atoms with Crippen LogP contribution in [0.4, 0.5) is 13.2 Å². The first kappa shape index (κ1) is 21.7. The molecule has 1 atom stereocenters. The fourth-order valence-corrected chi connectivity index (χ4v) is 3.98. The molecule has 2 aromatic heterocycles. The molecule has 1 amide bonds. The first-order valence-electron chi connectivity index (χ1n) is 10.4. The van der Waals surface area contributed by atoms with Crippen molar-refractivity contribution in [2.45, 2.75) is 25.2 Å². The number of hydrogen-bond acceptors (Lipinski definition) is 7. The van der Waals surface area contributed by atoms with Crippen LogP contribution in [0.2, 0.25) is 0 Å². The molecule has 5 rings (SSSR count). The monoisotopic (exact) mass is 470 g/mol. The molecule has 0 N–H and O–H groups in total. The molecule has 1 aliphatic heterocycles. The van der Waals surface area contributed by atoms with Gasteiger partial charge in [-0.1, -0.05) is 29.4 Å². The molecule has 3 heterocycles. The molecule has 34 heavy (non-hydrogen) atoms. The molecular formula is C23H17F3N4O4. The number of halogens is 3. The number of likely N-dealkylation sites (tertiary alicyclic amines) is 1. The summed E-state index contributed by atoms with van der Waals surface area (Å²) in [5, 5.41) is 3.85. The molecule has 0 spiro atoms. The molecule has 1 saturated heterocycles. The second kappa shape index (κ2) is 8.65. The molecule has 4 aromatic rings. The zero-order valence-corrected chi connectivity index (χ0v) is 17.5. The fraction of sp³-hybridized carbons (Fsp3) is 0.217. The van der Waals surface area contributed by atoms with Crippen LogP contribution in [-0.2, 0) is 0 Å². The van der Waals surface area contributed by atoms with Crippen molar-refractivity contribution in [1.82, 2.24) is 20.0 Å². The molecule has 1 aliphatic rings. The topological polar surface area (TPSA) is 94.5 Å². The maximum atomic E-state index is 13.5. The van der Waals surface area contributed by atoms with Crippen LogP contribution >= 0.6 is 0 Å². The van der Waals surface area contributed by atoms with Crippen LogP contribution in [0.3, 0.4) is 0 Å². The number of carbonyl (C=O) groups is 1. The van der Waals surface area contributed by atoms with Gasteiger partial charge in [-0.3, -0.25) is 4.79 Å². The molecule has 11 heteroatoms. The van der Waals surface area contributed by atoms with E-state index in [1.807, 2.05) is 0 Å². The average molecular weight is 470 g/mol. The number of nitrogens with zero attached hydrogens (tertiary/aromatic N) is 4. The number of hydrogen-bond donors (Lipinski definition) is 0. The molecular weight excluding hydrogens is 453 g/mol. The summed E-state index contributed by atoms with van der Waals surface area (Å²) in [6.07, 6.45) is -0.684. The Balaban J connectivity index is 1.44. The molecule has 1 unspecified atom stereocenters. The minimum Gasteiger partial charge on any atom is -0.445 e. The standard InChI is InChI=1S/C23H17F3N4O4/c24-23(25,26)33-18-10-4-3-8-16(18)19-28-21(34-29-19)17-9-5-12-30(17)22(31)15-7-2-1-6-14(15)20-27-11-13-32-20/h1-4,6-8,10-11,13,17H,5,9,12H2. The molecule has 0 bridgehead atoms. The fourth-order valence-electron chi connectivity index (χ4n) is 3.98. The van der Waals surface area contributed by atoms with Gasteiger partial charge in [0.2, 0.25) is 17.6 Å². The Morgan fingerprint density at radius 3 is 2.62 bits per heavy atom. The predicted octanol–water partition coefficient (Wildman–Crippen LogP) is 5.27. The number of oxazole rings is 1. The van der Waals surface area contributed by atoms with Crippen molar-refractivity contribution in [3.05, 3.63) is 72.4 Å². The molecule has 174 valence electrons. The summed E-state index contributed by atoms with van der Waals surface area (Å²) in [6.45, 7) is 0.453. The molecule has 8 nitrogen and oxygen atoms in total. The number of para-hydroxylation sites is 1. The van der Waals surface area contributed by atoms with Gasteiger partial charge in [0.25, 0.3) is 5.91 Å². The van der Waals surface area contributed by atoms with Crippen molar-refractivity contribution >= 4 is 5.91 Å². The molecule has 2 aromatic carbocycles. The molecule has 1 fully saturated rings. The number of aromatic nitrogens is 3. The van der Waals surface area contributed by atoms with E-state index >= 15 is 0 Å². The van der Waals surface area contributed by atoms with Gasteiger partial charge in [0.1, 0.15) is 18.1 Å². The Hall–Kier alpha value is -4.15. The summed E-state index contributed by atoms with van der Waals surface area (Å²) < 4.78 is 53.2. The van der Waals surface area contributed by atoms with Gasteiger partial charge in [-0.15, -0.1) is 13.2 Å². The Morgan fingerprint density at radius 2 is 1.85 bits per heavy atom. The lowest BCUT2D eigenvalue weighted by Gasteiger charge is -2.22. The second-order valence-electron chi connectivity index (χ2n) is 7.54. The summed E-state index contributed by atoms with van der Waals surface area (Å²) in [5.41, 5.74) is 0.980. The lowest BCUT2D eigenvalue weighted by molar-refractivity contribution is -0.274. The van der Waals surface area contributed by atoms with E-state index in [2.05, 4.69) is 19.9 Å². The Labute approximate surface area is 191 Å².